The quantitative estimate of drug-likeness (QED) is 0.708. The number of quaternary nitrogens is 1. The van der Waals surface area contributed by atoms with E-state index in [1.807, 2.05) is 25.2 Å². The van der Waals surface area contributed by atoms with Crippen molar-refractivity contribution in [1.82, 2.24) is 0 Å². The minimum absolute atomic E-state index is 0.117. The van der Waals surface area contributed by atoms with Crippen LogP contribution in [0.25, 0.3) is 6.08 Å². The van der Waals surface area contributed by atoms with Crippen molar-refractivity contribution in [2.45, 2.75) is 13.1 Å². The van der Waals surface area contributed by atoms with Gasteiger partial charge in [0.25, 0.3) is 0 Å². The Morgan fingerprint density at radius 3 is 2.59 bits per heavy atom. The third-order valence-corrected chi connectivity index (χ3v) is 4.54. The fourth-order valence-corrected chi connectivity index (χ4v) is 3.27. The van der Waals surface area contributed by atoms with Crippen molar-refractivity contribution in [2.24, 2.45) is 0 Å². The number of Topliss-reactive ketones (excluding diaryl/α,β-unsaturated/α-hetero) is 1. The maximum Gasteiger partial charge on any atom is 0.232 e. The Morgan fingerprint density at radius 2 is 1.85 bits per heavy atom. The molecule has 136 valence electrons. The number of fused-ring (bicyclic) bond motifs is 1. The molecule has 3 aromatic rings. The molecule has 0 fully saturated rings. The third-order valence-electron chi connectivity index (χ3n) is 4.54. The standard InChI is InChI=1S/C22H19NO4/c1-23(13-15-6-3-2-4-7-15)14-18-19(24)10-9-17-21(25)20(27-22(17)18)12-16-8-5-11-26-16/h2-12,24H,13-14H2,1H3/b20-12-. The van der Waals surface area contributed by atoms with E-state index in [-0.39, 0.29) is 17.3 Å². The molecular formula is C22H19NO4. The molecule has 4 rings (SSSR count). The van der Waals surface area contributed by atoms with E-state index in [0.29, 0.717) is 29.2 Å². The lowest BCUT2D eigenvalue weighted by Gasteiger charge is -2.20. The highest BCUT2D eigenvalue weighted by atomic mass is 16.5. The largest absolute Gasteiger partial charge is 0.872 e. The molecule has 2 aromatic carbocycles. The molecule has 1 aliphatic rings. The molecule has 0 amide bonds. The summed E-state index contributed by atoms with van der Waals surface area (Å²) in [6.07, 6.45) is 3.08. The van der Waals surface area contributed by atoms with Crippen LogP contribution < -0.4 is 14.7 Å². The summed E-state index contributed by atoms with van der Waals surface area (Å²) in [6, 6.07) is 16.5. The van der Waals surface area contributed by atoms with Gasteiger partial charge in [0.1, 0.15) is 24.6 Å². The smallest absolute Gasteiger partial charge is 0.232 e. The Morgan fingerprint density at radius 1 is 1.04 bits per heavy atom. The minimum atomic E-state index is -0.233. The molecule has 5 heteroatoms. The zero-order valence-corrected chi connectivity index (χ0v) is 14.9. The summed E-state index contributed by atoms with van der Waals surface area (Å²) in [5, 5.41) is 12.5. The van der Waals surface area contributed by atoms with Gasteiger partial charge in [-0.2, -0.15) is 0 Å². The number of ketones is 1. The van der Waals surface area contributed by atoms with E-state index in [1.54, 1.807) is 24.3 Å². The molecule has 1 N–H and O–H groups in total. The number of ether oxygens (including phenoxy) is 1. The molecule has 0 radical (unpaired) electrons. The van der Waals surface area contributed by atoms with Gasteiger partial charge in [0, 0.05) is 17.2 Å². The number of carbonyl (C=O) groups excluding carboxylic acids is 1. The first-order valence-electron chi connectivity index (χ1n) is 8.77. The van der Waals surface area contributed by atoms with Crippen molar-refractivity contribution in [3.63, 3.8) is 0 Å². The van der Waals surface area contributed by atoms with Crippen LogP contribution in [0.15, 0.2) is 71.0 Å². The van der Waals surface area contributed by atoms with Crippen LogP contribution in [0.5, 0.6) is 11.5 Å². The SMILES string of the molecule is C[NH+](Cc1ccccc1)Cc1c([O-])ccc2c1O/C(=C\c1ccco1)C2=O. The molecular weight excluding hydrogens is 342 g/mol. The van der Waals surface area contributed by atoms with Gasteiger partial charge < -0.3 is 19.2 Å². The highest BCUT2D eigenvalue weighted by Gasteiger charge is 2.31. The number of hydrogen-bond acceptors (Lipinski definition) is 4. The van der Waals surface area contributed by atoms with Crippen molar-refractivity contribution in [3.05, 3.63) is 89.1 Å². The first-order chi connectivity index (χ1) is 13.1. The van der Waals surface area contributed by atoms with Gasteiger partial charge in [0.05, 0.1) is 18.9 Å². The van der Waals surface area contributed by atoms with E-state index in [4.69, 9.17) is 9.15 Å². The van der Waals surface area contributed by atoms with Crippen molar-refractivity contribution in [2.75, 3.05) is 7.05 Å². The number of carbonyl (C=O) groups is 1. The molecule has 0 saturated heterocycles. The van der Waals surface area contributed by atoms with Crippen molar-refractivity contribution in [3.8, 4) is 11.5 Å². The van der Waals surface area contributed by atoms with Crippen LogP contribution in [-0.4, -0.2) is 12.8 Å². The maximum atomic E-state index is 12.6. The van der Waals surface area contributed by atoms with Crippen LogP contribution in [-0.2, 0) is 13.1 Å². The predicted molar refractivity (Wildman–Crippen MR) is 98.3 cm³/mol. The molecule has 2 heterocycles. The zero-order valence-electron chi connectivity index (χ0n) is 14.9. The fourth-order valence-electron chi connectivity index (χ4n) is 3.27. The molecule has 1 aromatic heterocycles. The average Bonchev–Trinajstić information content (AvgIpc) is 3.28. The molecule has 0 bridgehead atoms. The number of hydrogen-bond donors (Lipinski definition) is 1. The average molecular weight is 361 g/mol. The zero-order chi connectivity index (χ0) is 18.8. The van der Waals surface area contributed by atoms with Gasteiger partial charge in [-0.3, -0.25) is 4.79 Å². The molecule has 0 aliphatic carbocycles. The van der Waals surface area contributed by atoms with E-state index in [2.05, 4.69) is 12.1 Å². The van der Waals surface area contributed by atoms with E-state index in [0.717, 1.165) is 11.4 Å². The normalized spacial score (nSPS) is 15.6. The number of allylic oxidation sites excluding steroid dienone is 1. The van der Waals surface area contributed by atoms with Crippen LogP contribution in [0.2, 0.25) is 0 Å². The summed E-state index contributed by atoms with van der Waals surface area (Å²) in [4.78, 5) is 13.8. The number of nitrogens with one attached hydrogen (secondary N) is 1. The van der Waals surface area contributed by atoms with Crippen LogP contribution in [0, 0.1) is 0 Å². The van der Waals surface area contributed by atoms with Crippen LogP contribution in [0.1, 0.15) is 27.2 Å². The van der Waals surface area contributed by atoms with E-state index in [1.165, 1.54) is 17.9 Å². The van der Waals surface area contributed by atoms with Crippen molar-refractivity contribution < 1.29 is 24.0 Å². The monoisotopic (exact) mass is 361 g/mol. The summed E-state index contributed by atoms with van der Waals surface area (Å²) in [5.74, 6) is 0.726. The summed E-state index contributed by atoms with van der Waals surface area (Å²) >= 11 is 0. The highest BCUT2D eigenvalue weighted by Crippen LogP contribution is 2.38. The Bertz CT molecular complexity index is 991. The van der Waals surface area contributed by atoms with E-state index in [9.17, 15) is 9.90 Å². The van der Waals surface area contributed by atoms with Gasteiger partial charge in [0.15, 0.2) is 5.76 Å². The number of rotatable bonds is 5. The van der Waals surface area contributed by atoms with Crippen molar-refractivity contribution >= 4 is 11.9 Å². The summed E-state index contributed by atoms with van der Waals surface area (Å²) in [5.41, 5.74) is 2.14. The minimum Gasteiger partial charge on any atom is -0.872 e. The lowest BCUT2D eigenvalue weighted by atomic mass is 10.0. The van der Waals surface area contributed by atoms with Gasteiger partial charge in [-0.05, 0) is 18.2 Å². The van der Waals surface area contributed by atoms with Crippen LogP contribution in [0.3, 0.4) is 0 Å². The predicted octanol–water partition coefficient (Wildman–Crippen LogP) is 2.18. The number of benzene rings is 2. The van der Waals surface area contributed by atoms with Gasteiger partial charge in [-0.15, -0.1) is 0 Å². The second-order valence-corrected chi connectivity index (χ2v) is 6.67. The molecule has 27 heavy (non-hydrogen) atoms. The maximum absolute atomic E-state index is 12.6. The second kappa shape index (κ2) is 7.13. The summed E-state index contributed by atoms with van der Waals surface area (Å²) in [6.45, 7) is 1.24. The molecule has 1 atom stereocenters. The van der Waals surface area contributed by atoms with E-state index < -0.39 is 0 Å². The highest BCUT2D eigenvalue weighted by molar-refractivity contribution is 6.14. The van der Waals surface area contributed by atoms with Gasteiger partial charge in [0.2, 0.25) is 5.78 Å². The molecule has 1 aliphatic heterocycles. The van der Waals surface area contributed by atoms with Gasteiger partial charge in [-0.1, -0.05) is 42.1 Å². The Kier molecular flexibility index (Phi) is 4.52. The molecule has 5 nitrogen and oxygen atoms in total. The Balaban J connectivity index is 1.60. The topological polar surface area (TPSA) is 66.9 Å². The van der Waals surface area contributed by atoms with Gasteiger partial charge in [-0.25, -0.2) is 0 Å². The van der Waals surface area contributed by atoms with Crippen molar-refractivity contribution in [1.29, 1.82) is 0 Å². The van der Waals surface area contributed by atoms with E-state index >= 15 is 0 Å². The fraction of sp³-hybridized carbons (Fsp3) is 0.136. The lowest BCUT2D eigenvalue weighted by Crippen LogP contribution is -3.06. The lowest BCUT2D eigenvalue weighted by molar-refractivity contribution is -0.907. The summed E-state index contributed by atoms with van der Waals surface area (Å²) < 4.78 is 11.0. The first-order valence-corrected chi connectivity index (χ1v) is 8.77. The molecule has 0 saturated carbocycles. The first kappa shape index (κ1) is 17.1. The number of furan rings is 1. The molecule has 1 unspecified atom stereocenters. The molecule has 0 spiro atoms. The van der Waals surface area contributed by atoms with Gasteiger partial charge >= 0.3 is 0 Å². The summed E-state index contributed by atoms with van der Waals surface area (Å²) in [7, 11) is 2.02. The Hall–Kier alpha value is -3.31. The van der Waals surface area contributed by atoms with Crippen LogP contribution in [0.4, 0.5) is 0 Å². The Labute approximate surface area is 157 Å². The van der Waals surface area contributed by atoms with Crippen LogP contribution >= 0.6 is 0 Å². The second-order valence-electron chi connectivity index (χ2n) is 6.67. The third kappa shape index (κ3) is 3.50.